The van der Waals surface area contributed by atoms with Gasteiger partial charge in [0.15, 0.2) is 0 Å². The number of rotatable bonds is 12. The van der Waals surface area contributed by atoms with Crippen molar-refractivity contribution >= 4 is 5.97 Å². The lowest BCUT2D eigenvalue weighted by atomic mass is 9.73. The molecule has 2 rings (SSSR count). The fraction of sp³-hybridized carbons (Fsp3) is 0.607. The number of hydrogen-bond acceptors (Lipinski definition) is 5. The molecule has 1 aliphatic rings. The molecule has 5 nitrogen and oxygen atoms in total. The monoisotopic (exact) mass is 458 g/mol. The molecule has 3 N–H and O–H groups in total. The molecule has 0 heterocycles. The quantitative estimate of drug-likeness (QED) is 0.188. The summed E-state index contributed by atoms with van der Waals surface area (Å²) in [6.45, 7) is 12.0. The van der Waals surface area contributed by atoms with Crippen LogP contribution in [-0.4, -0.2) is 34.0 Å². The standard InChI is InChI=1S/C28H42O5/c1-6-8-9-11-21-16-24(30)26(23-15-19(5)12-13-20(23)14-18(3)4)27(31)25(21)28(32)33-17-22(29)10-7-2/h15-16,20,22-23,29-31H,3,6-14,17H2,1-2,4-5H3. The minimum absolute atomic E-state index is 0.0178. The molecule has 1 aromatic carbocycles. The second-order valence-corrected chi connectivity index (χ2v) is 9.69. The van der Waals surface area contributed by atoms with Gasteiger partial charge in [-0.15, -0.1) is 6.58 Å². The lowest BCUT2D eigenvalue weighted by Crippen LogP contribution is -2.21. The van der Waals surface area contributed by atoms with Crippen LogP contribution in [0.4, 0.5) is 0 Å². The molecule has 0 aromatic heterocycles. The molecule has 3 unspecified atom stereocenters. The first-order valence-corrected chi connectivity index (χ1v) is 12.4. The van der Waals surface area contributed by atoms with E-state index in [1.165, 1.54) is 5.57 Å². The van der Waals surface area contributed by atoms with Gasteiger partial charge in [-0.2, -0.15) is 0 Å². The topological polar surface area (TPSA) is 87.0 Å². The predicted molar refractivity (Wildman–Crippen MR) is 133 cm³/mol. The number of aliphatic hydroxyl groups is 1. The van der Waals surface area contributed by atoms with Crippen LogP contribution in [0.25, 0.3) is 0 Å². The summed E-state index contributed by atoms with van der Waals surface area (Å²) in [4.78, 5) is 13.1. The molecule has 184 valence electrons. The third-order valence-electron chi connectivity index (χ3n) is 6.51. The number of aliphatic hydroxyl groups excluding tert-OH is 1. The number of hydrogen-bond donors (Lipinski definition) is 3. The van der Waals surface area contributed by atoms with Crippen molar-refractivity contribution in [2.75, 3.05) is 6.61 Å². The number of carbonyl (C=O) groups is 1. The Hall–Kier alpha value is -2.27. The number of phenolic OH excluding ortho intramolecular Hbond substituents is 2. The first kappa shape index (κ1) is 27.0. The fourth-order valence-corrected chi connectivity index (χ4v) is 4.82. The maximum Gasteiger partial charge on any atom is 0.342 e. The van der Waals surface area contributed by atoms with Crippen LogP contribution in [-0.2, 0) is 11.2 Å². The maximum atomic E-state index is 13.1. The van der Waals surface area contributed by atoms with Gasteiger partial charge in [0.05, 0.1) is 6.10 Å². The highest BCUT2D eigenvalue weighted by Crippen LogP contribution is 2.48. The number of esters is 1. The molecule has 0 aliphatic heterocycles. The van der Waals surface area contributed by atoms with E-state index in [1.807, 2.05) is 13.8 Å². The lowest BCUT2D eigenvalue weighted by molar-refractivity contribution is 0.0233. The summed E-state index contributed by atoms with van der Waals surface area (Å²) in [5.74, 6) is -0.853. The Bertz CT molecular complexity index is 854. The van der Waals surface area contributed by atoms with Gasteiger partial charge in [0.2, 0.25) is 0 Å². The number of unbranched alkanes of at least 4 members (excludes halogenated alkanes) is 2. The van der Waals surface area contributed by atoms with Crippen LogP contribution in [0.5, 0.6) is 11.5 Å². The zero-order valence-electron chi connectivity index (χ0n) is 20.8. The van der Waals surface area contributed by atoms with Gasteiger partial charge < -0.3 is 20.1 Å². The minimum Gasteiger partial charge on any atom is -0.507 e. The average Bonchev–Trinajstić information content (AvgIpc) is 2.74. The van der Waals surface area contributed by atoms with Crippen molar-refractivity contribution in [1.29, 1.82) is 0 Å². The smallest absolute Gasteiger partial charge is 0.342 e. The number of phenols is 2. The zero-order valence-corrected chi connectivity index (χ0v) is 20.8. The third-order valence-corrected chi connectivity index (χ3v) is 6.51. The van der Waals surface area contributed by atoms with E-state index in [0.29, 0.717) is 24.0 Å². The highest BCUT2D eigenvalue weighted by Gasteiger charge is 2.33. The van der Waals surface area contributed by atoms with Crippen molar-refractivity contribution in [2.24, 2.45) is 5.92 Å². The molecule has 0 amide bonds. The molecular formula is C28H42O5. The molecule has 1 aromatic rings. The molecule has 0 saturated heterocycles. The summed E-state index contributed by atoms with van der Waals surface area (Å²) in [7, 11) is 0. The van der Waals surface area contributed by atoms with Crippen LogP contribution in [0.1, 0.15) is 106 Å². The number of allylic oxidation sites excluding steroid dienone is 3. The van der Waals surface area contributed by atoms with E-state index in [2.05, 4.69) is 26.5 Å². The first-order chi connectivity index (χ1) is 15.7. The third kappa shape index (κ3) is 7.36. The number of aryl methyl sites for hydroxylation is 1. The second kappa shape index (κ2) is 12.8. The summed E-state index contributed by atoms with van der Waals surface area (Å²) in [6, 6.07) is 1.62. The van der Waals surface area contributed by atoms with E-state index in [4.69, 9.17) is 4.74 Å². The van der Waals surface area contributed by atoms with Crippen LogP contribution in [0, 0.1) is 5.92 Å². The lowest BCUT2D eigenvalue weighted by Gasteiger charge is -2.32. The van der Waals surface area contributed by atoms with Gasteiger partial charge in [0.1, 0.15) is 23.7 Å². The molecule has 0 spiro atoms. The van der Waals surface area contributed by atoms with Crippen LogP contribution >= 0.6 is 0 Å². The summed E-state index contributed by atoms with van der Waals surface area (Å²) in [5.41, 5.74) is 3.35. The van der Waals surface area contributed by atoms with Gasteiger partial charge in [-0.25, -0.2) is 4.79 Å². The van der Waals surface area contributed by atoms with Crippen LogP contribution < -0.4 is 0 Å². The Balaban J connectivity index is 2.51. The molecule has 3 atom stereocenters. The summed E-state index contributed by atoms with van der Waals surface area (Å²) < 4.78 is 5.40. The van der Waals surface area contributed by atoms with Gasteiger partial charge in [-0.05, 0) is 69.9 Å². The Kier molecular flexibility index (Phi) is 10.5. The first-order valence-electron chi connectivity index (χ1n) is 12.4. The van der Waals surface area contributed by atoms with Crippen molar-refractivity contribution in [1.82, 2.24) is 0 Å². The number of carbonyl (C=O) groups excluding carboxylic acids is 1. The Morgan fingerprint density at radius 1 is 1.24 bits per heavy atom. The molecule has 5 heteroatoms. The molecule has 0 bridgehead atoms. The Morgan fingerprint density at radius 2 is 1.97 bits per heavy atom. The fourth-order valence-electron chi connectivity index (χ4n) is 4.82. The van der Waals surface area contributed by atoms with Crippen molar-refractivity contribution in [3.05, 3.63) is 46.6 Å². The maximum absolute atomic E-state index is 13.1. The van der Waals surface area contributed by atoms with Gasteiger partial charge in [0.25, 0.3) is 0 Å². The molecule has 0 fully saturated rings. The predicted octanol–water partition coefficient (Wildman–Crippen LogP) is 6.55. The highest BCUT2D eigenvalue weighted by molar-refractivity contribution is 5.95. The number of benzene rings is 1. The molecular weight excluding hydrogens is 416 g/mol. The average molecular weight is 459 g/mol. The molecule has 0 saturated carbocycles. The van der Waals surface area contributed by atoms with E-state index in [1.54, 1.807) is 6.07 Å². The Morgan fingerprint density at radius 3 is 2.61 bits per heavy atom. The van der Waals surface area contributed by atoms with Crippen molar-refractivity contribution in [2.45, 2.75) is 97.5 Å². The van der Waals surface area contributed by atoms with Crippen LogP contribution in [0.3, 0.4) is 0 Å². The summed E-state index contributed by atoms with van der Waals surface area (Å²) in [5, 5.41) is 32.4. The molecule has 1 aliphatic carbocycles. The zero-order chi connectivity index (χ0) is 24.5. The van der Waals surface area contributed by atoms with E-state index >= 15 is 0 Å². The van der Waals surface area contributed by atoms with Gasteiger partial charge in [-0.1, -0.05) is 50.3 Å². The molecule has 33 heavy (non-hydrogen) atoms. The SMILES string of the molecule is C=C(C)CC1CCC(C)=CC1c1c(O)cc(CCCCC)c(C(=O)OCC(O)CCC)c1O. The molecule has 0 radical (unpaired) electrons. The van der Waals surface area contributed by atoms with Crippen molar-refractivity contribution < 1.29 is 24.9 Å². The summed E-state index contributed by atoms with van der Waals surface area (Å²) in [6.07, 6.45) is 8.79. The van der Waals surface area contributed by atoms with E-state index in [0.717, 1.165) is 50.5 Å². The van der Waals surface area contributed by atoms with Crippen LogP contribution in [0.2, 0.25) is 0 Å². The normalized spacial score (nSPS) is 19.1. The van der Waals surface area contributed by atoms with E-state index in [-0.39, 0.29) is 35.5 Å². The summed E-state index contributed by atoms with van der Waals surface area (Å²) >= 11 is 0. The van der Waals surface area contributed by atoms with E-state index in [9.17, 15) is 20.1 Å². The van der Waals surface area contributed by atoms with E-state index < -0.39 is 12.1 Å². The second-order valence-electron chi connectivity index (χ2n) is 9.69. The van der Waals surface area contributed by atoms with Crippen molar-refractivity contribution in [3.8, 4) is 11.5 Å². The number of ether oxygens (including phenoxy) is 1. The highest BCUT2D eigenvalue weighted by atomic mass is 16.5. The largest absolute Gasteiger partial charge is 0.507 e. The minimum atomic E-state index is -0.731. The number of aromatic hydroxyl groups is 2. The van der Waals surface area contributed by atoms with Gasteiger partial charge >= 0.3 is 5.97 Å². The van der Waals surface area contributed by atoms with Crippen LogP contribution in [0.15, 0.2) is 29.9 Å². The van der Waals surface area contributed by atoms with Gasteiger partial charge in [-0.3, -0.25) is 0 Å². The van der Waals surface area contributed by atoms with Gasteiger partial charge in [0, 0.05) is 11.5 Å². The Labute approximate surface area is 199 Å². The van der Waals surface area contributed by atoms with Crippen molar-refractivity contribution in [3.63, 3.8) is 0 Å².